The van der Waals surface area contributed by atoms with Crippen molar-refractivity contribution in [1.29, 1.82) is 0 Å². The van der Waals surface area contributed by atoms with Crippen molar-refractivity contribution in [2.45, 2.75) is 39.7 Å². The molecule has 1 heteroatoms. The van der Waals surface area contributed by atoms with E-state index in [1.54, 1.807) is 0 Å². The molecule has 0 aromatic carbocycles. The van der Waals surface area contributed by atoms with Crippen molar-refractivity contribution in [1.82, 2.24) is 5.32 Å². The summed E-state index contributed by atoms with van der Waals surface area (Å²) in [7, 11) is 0. The van der Waals surface area contributed by atoms with Crippen LogP contribution >= 0.6 is 0 Å². The lowest BCUT2D eigenvalue weighted by Gasteiger charge is -2.20. The van der Waals surface area contributed by atoms with Crippen LogP contribution in [0.25, 0.3) is 0 Å². The lowest BCUT2D eigenvalue weighted by molar-refractivity contribution is 0.430. The highest BCUT2D eigenvalue weighted by Crippen LogP contribution is 2.05. The van der Waals surface area contributed by atoms with Crippen molar-refractivity contribution in [3.63, 3.8) is 0 Å². The van der Waals surface area contributed by atoms with Gasteiger partial charge < -0.3 is 5.32 Å². The lowest BCUT2D eigenvalue weighted by atomic mass is 10.1. The minimum absolute atomic E-state index is 0.204. The molecule has 0 spiro atoms. The molecular formula is C13H23N. The molecule has 0 aliphatic rings. The molecule has 14 heavy (non-hydrogen) atoms. The van der Waals surface area contributed by atoms with E-state index in [4.69, 9.17) is 0 Å². The molecule has 0 aromatic heterocycles. The molecule has 0 saturated heterocycles. The van der Waals surface area contributed by atoms with Crippen molar-refractivity contribution >= 4 is 0 Å². The van der Waals surface area contributed by atoms with Gasteiger partial charge in [0.2, 0.25) is 0 Å². The van der Waals surface area contributed by atoms with Crippen LogP contribution in [0.3, 0.4) is 0 Å². The molecule has 0 bridgehead atoms. The first-order valence-corrected chi connectivity index (χ1v) is 5.19. The van der Waals surface area contributed by atoms with Crippen molar-refractivity contribution in [3.05, 3.63) is 36.5 Å². The Morgan fingerprint density at radius 2 is 2.00 bits per heavy atom. The van der Waals surface area contributed by atoms with E-state index in [1.165, 1.54) is 5.57 Å². The molecule has 0 aliphatic carbocycles. The summed E-state index contributed by atoms with van der Waals surface area (Å²) in [6.07, 6.45) is 9.14. The van der Waals surface area contributed by atoms with Gasteiger partial charge >= 0.3 is 0 Å². The second kappa shape index (κ2) is 6.61. The van der Waals surface area contributed by atoms with Gasteiger partial charge in [0.05, 0.1) is 0 Å². The molecule has 0 amide bonds. The zero-order valence-corrected chi connectivity index (χ0v) is 9.93. The molecule has 0 unspecified atom stereocenters. The fraction of sp³-hybridized carbons (Fsp3) is 0.538. The van der Waals surface area contributed by atoms with Gasteiger partial charge in [0, 0.05) is 5.54 Å². The Balaban J connectivity index is 3.96. The molecular weight excluding hydrogens is 170 g/mol. The van der Waals surface area contributed by atoms with Crippen LogP contribution in [-0.2, 0) is 0 Å². The van der Waals surface area contributed by atoms with E-state index in [1.807, 2.05) is 13.0 Å². The largest absolute Gasteiger partial charge is 0.312 e. The van der Waals surface area contributed by atoms with Crippen molar-refractivity contribution < 1.29 is 0 Å². The normalized spacial score (nSPS) is 13.6. The number of nitrogens with one attached hydrogen (secondary N) is 1. The predicted octanol–water partition coefficient (Wildman–Crippen LogP) is 3.45. The van der Waals surface area contributed by atoms with Gasteiger partial charge in [-0.1, -0.05) is 30.9 Å². The molecule has 0 saturated carbocycles. The quantitative estimate of drug-likeness (QED) is 0.659. The average molecular weight is 193 g/mol. The third kappa shape index (κ3) is 7.81. The fourth-order valence-electron chi connectivity index (χ4n) is 1.17. The standard InChI is InChI=1S/C13H23N/c1-6-8-12(9-7-2)10-11-14-13(3,4)5/h6-9,14H,1,10-11H2,2-5H3/b9-7-,12-8+. The first-order chi connectivity index (χ1) is 6.49. The summed E-state index contributed by atoms with van der Waals surface area (Å²) in [5.41, 5.74) is 1.52. The minimum Gasteiger partial charge on any atom is -0.312 e. The summed E-state index contributed by atoms with van der Waals surface area (Å²) in [5.74, 6) is 0. The highest BCUT2D eigenvalue weighted by Gasteiger charge is 2.07. The monoisotopic (exact) mass is 193 g/mol. The molecule has 1 nitrogen and oxygen atoms in total. The average Bonchev–Trinajstić information content (AvgIpc) is 2.02. The Kier molecular flexibility index (Phi) is 6.22. The SMILES string of the molecule is C=C/C=C(\C=C/C)CCNC(C)(C)C. The summed E-state index contributed by atoms with van der Waals surface area (Å²) < 4.78 is 0. The van der Waals surface area contributed by atoms with E-state index in [-0.39, 0.29) is 5.54 Å². The zero-order valence-electron chi connectivity index (χ0n) is 9.93. The van der Waals surface area contributed by atoms with Crippen molar-refractivity contribution in [2.75, 3.05) is 6.54 Å². The molecule has 0 atom stereocenters. The predicted molar refractivity (Wildman–Crippen MR) is 65.5 cm³/mol. The van der Waals surface area contributed by atoms with Gasteiger partial charge in [-0.15, -0.1) is 0 Å². The van der Waals surface area contributed by atoms with E-state index < -0.39 is 0 Å². The molecule has 0 heterocycles. The summed E-state index contributed by atoms with van der Waals surface area (Å²) in [5, 5.41) is 3.46. The Hall–Kier alpha value is -0.820. The lowest BCUT2D eigenvalue weighted by Crippen LogP contribution is -2.36. The molecule has 0 fully saturated rings. The van der Waals surface area contributed by atoms with Crippen LogP contribution in [0, 0.1) is 0 Å². The number of allylic oxidation sites excluding steroid dienone is 4. The van der Waals surface area contributed by atoms with E-state index in [9.17, 15) is 0 Å². The van der Waals surface area contributed by atoms with Crippen LogP contribution in [0.5, 0.6) is 0 Å². The van der Waals surface area contributed by atoms with Gasteiger partial charge in [-0.05, 0) is 46.2 Å². The van der Waals surface area contributed by atoms with E-state index in [0.717, 1.165) is 13.0 Å². The summed E-state index contributed by atoms with van der Waals surface area (Å²) in [6, 6.07) is 0. The maximum absolute atomic E-state index is 3.71. The molecule has 1 N–H and O–H groups in total. The van der Waals surface area contributed by atoms with Crippen LogP contribution in [0.2, 0.25) is 0 Å². The smallest absolute Gasteiger partial charge is 0.00966 e. The first-order valence-electron chi connectivity index (χ1n) is 5.19. The third-order valence-electron chi connectivity index (χ3n) is 1.78. The van der Waals surface area contributed by atoms with E-state index in [0.29, 0.717) is 0 Å². The summed E-state index contributed by atoms with van der Waals surface area (Å²) in [4.78, 5) is 0. The minimum atomic E-state index is 0.204. The first kappa shape index (κ1) is 13.2. The van der Waals surface area contributed by atoms with Crippen LogP contribution in [0.15, 0.2) is 36.5 Å². The van der Waals surface area contributed by atoms with Gasteiger partial charge in [-0.25, -0.2) is 0 Å². The summed E-state index contributed by atoms with van der Waals surface area (Å²) >= 11 is 0. The second-order valence-corrected chi connectivity index (χ2v) is 4.40. The fourth-order valence-corrected chi connectivity index (χ4v) is 1.17. The number of rotatable bonds is 5. The van der Waals surface area contributed by atoms with Crippen molar-refractivity contribution in [2.24, 2.45) is 0 Å². The van der Waals surface area contributed by atoms with Gasteiger partial charge in [0.1, 0.15) is 0 Å². The van der Waals surface area contributed by atoms with E-state index in [2.05, 4.69) is 50.9 Å². The van der Waals surface area contributed by atoms with Crippen LogP contribution in [0.4, 0.5) is 0 Å². The number of hydrogen-bond acceptors (Lipinski definition) is 1. The molecule has 0 aromatic rings. The Morgan fingerprint density at radius 3 is 2.43 bits per heavy atom. The molecule has 0 radical (unpaired) electrons. The van der Waals surface area contributed by atoms with Gasteiger partial charge in [-0.3, -0.25) is 0 Å². The third-order valence-corrected chi connectivity index (χ3v) is 1.78. The van der Waals surface area contributed by atoms with Crippen LogP contribution in [-0.4, -0.2) is 12.1 Å². The van der Waals surface area contributed by atoms with Gasteiger partial charge in [-0.2, -0.15) is 0 Å². The van der Waals surface area contributed by atoms with Crippen LogP contribution in [0.1, 0.15) is 34.1 Å². The Bertz CT molecular complexity index is 216. The van der Waals surface area contributed by atoms with Crippen molar-refractivity contribution in [3.8, 4) is 0 Å². The maximum Gasteiger partial charge on any atom is 0.00966 e. The van der Waals surface area contributed by atoms with E-state index >= 15 is 0 Å². The molecule has 0 aliphatic heterocycles. The number of hydrogen-bond donors (Lipinski definition) is 1. The highest BCUT2D eigenvalue weighted by molar-refractivity contribution is 5.22. The summed E-state index contributed by atoms with van der Waals surface area (Å²) in [6.45, 7) is 13.3. The second-order valence-electron chi connectivity index (χ2n) is 4.40. The van der Waals surface area contributed by atoms with Crippen LogP contribution < -0.4 is 5.32 Å². The Labute approximate surface area is 88.6 Å². The highest BCUT2D eigenvalue weighted by atomic mass is 14.9. The maximum atomic E-state index is 3.71. The molecule has 0 rings (SSSR count). The molecule has 80 valence electrons. The topological polar surface area (TPSA) is 12.0 Å². The zero-order chi connectivity index (χ0) is 11.0. The van der Waals surface area contributed by atoms with Gasteiger partial charge in [0.25, 0.3) is 0 Å². The Morgan fingerprint density at radius 1 is 1.36 bits per heavy atom. The van der Waals surface area contributed by atoms with Gasteiger partial charge in [0.15, 0.2) is 0 Å².